The van der Waals surface area contributed by atoms with Crippen LogP contribution in [-0.2, 0) is 0 Å². The van der Waals surface area contributed by atoms with Gasteiger partial charge in [-0.2, -0.15) is 5.10 Å². The number of rotatable bonds is 3. The predicted octanol–water partition coefficient (Wildman–Crippen LogP) is 3.63. The van der Waals surface area contributed by atoms with Crippen LogP contribution < -0.4 is 5.32 Å². The Kier molecular flexibility index (Phi) is 3.65. The highest BCUT2D eigenvalue weighted by Crippen LogP contribution is 2.32. The minimum atomic E-state index is 0.312. The molecule has 2 aromatic carbocycles. The molecule has 1 N–H and O–H groups in total. The zero-order chi connectivity index (χ0) is 14.8. The smallest absolute Gasteiger partial charge is 0.0808 e. The Morgan fingerprint density at radius 2 is 2.00 bits per heavy atom. The highest BCUT2D eigenvalue weighted by molar-refractivity contribution is 5.83. The second kappa shape index (κ2) is 5.93. The second-order valence-electron chi connectivity index (χ2n) is 6.14. The lowest BCUT2D eigenvalue weighted by atomic mass is 9.86. The highest BCUT2D eigenvalue weighted by Gasteiger charge is 2.26. The Bertz CT molecular complexity index is 742. The van der Waals surface area contributed by atoms with E-state index in [1.54, 1.807) is 0 Å². The monoisotopic (exact) mass is 291 g/mol. The Balaban J connectivity index is 1.78. The standard InChI is InChI=1S/C19H21N3/c1-2-6-16-13-17(9-8-15(16)5-1)19(22-12-4-11-21-22)18-7-3-10-20-14-18/h1-2,4-6,8-9,11-13,18-20H,3,7,10,14H2/t18-,19-/m0/s1. The molecular formula is C19H21N3. The van der Waals surface area contributed by atoms with Crippen LogP contribution in [0.4, 0.5) is 0 Å². The SMILES string of the molecule is c1ccc2cc([C@@H]([C@H]3CCCNC3)n3cccn3)ccc2c1. The molecule has 4 rings (SSSR count). The van der Waals surface area contributed by atoms with Crippen molar-refractivity contribution in [3.63, 3.8) is 0 Å². The second-order valence-corrected chi connectivity index (χ2v) is 6.14. The molecule has 2 heterocycles. The number of fused-ring (bicyclic) bond motifs is 1. The molecule has 0 saturated carbocycles. The zero-order valence-corrected chi connectivity index (χ0v) is 12.7. The summed E-state index contributed by atoms with van der Waals surface area (Å²) in [6.45, 7) is 2.21. The van der Waals surface area contributed by atoms with Gasteiger partial charge in [0.05, 0.1) is 6.04 Å². The average molecular weight is 291 g/mol. The van der Waals surface area contributed by atoms with Crippen LogP contribution in [0.5, 0.6) is 0 Å². The van der Waals surface area contributed by atoms with Gasteiger partial charge >= 0.3 is 0 Å². The molecule has 1 aromatic heterocycles. The van der Waals surface area contributed by atoms with Crippen LogP contribution in [0.15, 0.2) is 60.9 Å². The molecule has 0 aliphatic carbocycles. The summed E-state index contributed by atoms with van der Waals surface area (Å²) >= 11 is 0. The van der Waals surface area contributed by atoms with Crippen LogP contribution in [0.3, 0.4) is 0 Å². The third-order valence-electron chi connectivity index (χ3n) is 4.71. The van der Waals surface area contributed by atoms with Crippen LogP contribution in [0.1, 0.15) is 24.4 Å². The summed E-state index contributed by atoms with van der Waals surface area (Å²) in [6.07, 6.45) is 6.47. The van der Waals surface area contributed by atoms with Crippen molar-refractivity contribution in [3.8, 4) is 0 Å². The number of piperidine rings is 1. The van der Waals surface area contributed by atoms with Gasteiger partial charge in [0.15, 0.2) is 0 Å². The van der Waals surface area contributed by atoms with Gasteiger partial charge in [-0.1, -0.05) is 36.4 Å². The molecule has 22 heavy (non-hydrogen) atoms. The van der Waals surface area contributed by atoms with Crippen molar-refractivity contribution in [2.45, 2.75) is 18.9 Å². The van der Waals surface area contributed by atoms with Crippen molar-refractivity contribution < 1.29 is 0 Å². The van der Waals surface area contributed by atoms with E-state index in [-0.39, 0.29) is 0 Å². The number of nitrogens with one attached hydrogen (secondary N) is 1. The number of hydrogen-bond acceptors (Lipinski definition) is 2. The molecule has 1 aliphatic heterocycles. The zero-order valence-electron chi connectivity index (χ0n) is 12.7. The van der Waals surface area contributed by atoms with Gasteiger partial charge in [0.2, 0.25) is 0 Å². The van der Waals surface area contributed by atoms with E-state index in [0.29, 0.717) is 12.0 Å². The van der Waals surface area contributed by atoms with Gasteiger partial charge < -0.3 is 5.32 Å². The van der Waals surface area contributed by atoms with E-state index in [4.69, 9.17) is 0 Å². The molecule has 3 heteroatoms. The normalized spacial score (nSPS) is 20.1. The van der Waals surface area contributed by atoms with Gasteiger partial charge in [0, 0.05) is 18.9 Å². The first-order chi connectivity index (χ1) is 10.9. The summed E-state index contributed by atoms with van der Waals surface area (Å²) in [5, 5.41) is 10.7. The molecule has 1 aliphatic rings. The van der Waals surface area contributed by atoms with Gasteiger partial charge in [-0.05, 0) is 53.8 Å². The van der Waals surface area contributed by atoms with Crippen molar-refractivity contribution in [2.24, 2.45) is 5.92 Å². The molecule has 1 saturated heterocycles. The minimum Gasteiger partial charge on any atom is -0.316 e. The first-order valence-corrected chi connectivity index (χ1v) is 8.10. The van der Waals surface area contributed by atoms with Crippen molar-refractivity contribution in [3.05, 3.63) is 66.5 Å². The topological polar surface area (TPSA) is 29.9 Å². The van der Waals surface area contributed by atoms with E-state index in [2.05, 4.69) is 63.8 Å². The summed E-state index contributed by atoms with van der Waals surface area (Å²) < 4.78 is 2.13. The third-order valence-corrected chi connectivity index (χ3v) is 4.71. The summed E-state index contributed by atoms with van der Waals surface area (Å²) in [5.74, 6) is 0.592. The molecule has 0 unspecified atom stereocenters. The fourth-order valence-electron chi connectivity index (χ4n) is 3.63. The van der Waals surface area contributed by atoms with Gasteiger partial charge in [-0.3, -0.25) is 4.68 Å². The van der Waals surface area contributed by atoms with E-state index < -0.39 is 0 Å². The molecule has 0 spiro atoms. The molecule has 1 fully saturated rings. The van der Waals surface area contributed by atoms with Crippen molar-refractivity contribution in [1.29, 1.82) is 0 Å². The van der Waals surface area contributed by atoms with Gasteiger partial charge in [0.25, 0.3) is 0 Å². The van der Waals surface area contributed by atoms with Crippen LogP contribution >= 0.6 is 0 Å². The third kappa shape index (κ3) is 2.53. The van der Waals surface area contributed by atoms with Crippen molar-refractivity contribution in [1.82, 2.24) is 15.1 Å². The molecule has 112 valence electrons. The summed E-state index contributed by atoms with van der Waals surface area (Å²) in [7, 11) is 0. The van der Waals surface area contributed by atoms with Crippen LogP contribution in [0, 0.1) is 5.92 Å². The maximum absolute atomic E-state index is 4.54. The molecule has 0 amide bonds. The first kappa shape index (κ1) is 13.5. The fourth-order valence-corrected chi connectivity index (χ4v) is 3.63. The number of nitrogens with zero attached hydrogens (tertiary/aromatic N) is 2. The molecule has 3 nitrogen and oxygen atoms in total. The largest absolute Gasteiger partial charge is 0.316 e. The van der Waals surface area contributed by atoms with E-state index in [1.807, 2.05) is 12.3 Å². The Morgan fingerprint density at radius 3 is 2.77 bits per heavy atom. The van der Waals surface area contributed by atoms with Crippen LogP contribution in [-0.4, -0.2) is 22.9 Å². The Hall–Kier alpha value is -2.13. The van der Waals surface area contributed by atoms with Gasteiger partial charge in [-0.25, -0.2) is 0 Å². The maximum atomic E-state index is 4.54. The number of benzene rings is 2. The quantitative estimate of drug-likeness (QED) is 0.798. The molecule has 0 bridgehead atoms. The predicted molar refractivity (Wildman–Crippen MR) is 89.9 cm³/mol. The molecule has 0 radical (unpaired) electrons. The average Bonchev–Trinajstić information content (AvgIpc) is 3.10. The lowest BCUT2D eigenvalue weighted by Crippen LogP contribution is -2.35. The minimum absolute atomic E-state index is 0.312. The van der Waals surface area contributed by atoms with Gasteiger partial charge in [0.1, 0.15) is 0 Å². The lowest BCUT2D eigenvalue weighted by molar-refractivity contribution is 0.282. The van der Waals surface area contributed by atoms with E-state index >= 15 is 0 Å². The van der Waals surface area contributed by atoms with E-state index in [0.717, 1.165) is 13.1 Å². The summed E-state index contributed by atoms with van der Waals surface area (Å²) in [5.41, 5.74) is 1.36. The van der Waals surface area contributed by atoms with E-state index in [1.165, 1.54) is 29.2 Å². The molecule has 3 aromatic rings. The number of hydrogen-bond donors (Lipinski definition) is 1. The summed E-state index contributed by atoms with van der Waals surface area (Å²) in [4.78, 5) is 0. The van der Waals surface area contributed by atoms with Crippen LogP contribution in [0.2, 0.25) is 0 Å². The highest BCUT2D eigenvalue weighted by atomic mass is 15.3. The van der Waals surface area contributed by atoms with Crippen LogP contribution in [0.25, 0.3) is 10.8 Å². The summed E-state index contributed by atoms with van der Waals surface area (Å²) in [6, 6.07) is 17.7. The number of aromatic nitrogens is 2. The first-order valence-electron chi connectivity index (χ1n) is 8.10. The fraction of sp³-hybridized carbons (Fsp3) is 0.316. The van der Waals surface area contributed by atoms with E-state index in [9.17, 15) is 0 Å². The molecule has 2 atom stereocenters. The maximum Gasteiger partial charge on any atom is 0.0808 e. The van der Waals surface area contributed by atoms with Crippen molar-refractivity contribution in [2.75, 3.05) is 13.1 Å². The Labute approximate surface area is 131 Å². The Morgan fingerprint density at radius 1 is 1.09 bits per heavy atom. The van der Waals surface area contributed by atoms with Crippen molar-refractivity contribution >= 4 is 10.8 Å². The van der Waals surface area contributed by atoms with Gasteiger partial charge in [-0.15, -0.1) is 0 Å². The lowest BCUT2D eigenvalue weighted by Gasteiger charge is -2.31. The molecular weight excluding hydrogens is 270 g/mol.